The van der Waals surface area contributed by atoms with Gasteiger partial charge in [0, 0.05) is 30.0 Å². The molecule has 1 saturated carbocycles. The summed E-state index contributed by atoms with van der Waals surface area (Å²) in [6.45, 7) is 5.11. The second kappa shape index (κ2) is 5.62. The Hall–Kier alpha value is -1.56. The predicted octanol–water partition coefficient (Wildman–Crippen LogP) is 3.16. The first kappa shape index (κ1) is 19.1. The largest absolute Gasteiger partial charge is 0.504 e. The Labute approximate surface area is 178 Å². The fraction of sp³-hybridized carbons (Fsp3) is 0.680. The lowest BCUT2D eigenvalue weighted by Crippen LogP contribution is -2.80. The van der Waals surface area contributed by atoms with Gasteiger partial charge in [0.25, 0.3) is 0 Å². The SMILES string of the molecule is CCCC(C)(O)C1C[C@@]23C=CC1(OC)C1Oc4c(O)ccc5c4[C@@]12CCN(C)[C@@H]3C5. The average Bonchev–Trinajstić information content (AvgIpc) is 3.09. The van der Waals surface area contributed by atoms with E-state index in [0.29, 0.717) is 11.8 Å². The van der Waals surface area contributed by atoms with Crippen LogP contribution in [0.1, 0.15) is 50.7 Å². The average molecular weight is 412 g/mol. The van der Waals surface area contributed by atoms with Gasteiger partial charge >= 0.3 is 0 Å². The number of ether oxygens (including phenoxy) is 2. The lowest BCUT2D eigenvalue weighted by molar-refractivity contribution is -0.247. The van der Waals surface area contributed by atoms with E-state index in [1.54, 1.807) is 13.2 Å². The number of nitrogens with zero attached hydrogens (tertiary/aromatic N) is 1. The molecule has 2 N–H and O–H groups in total. The molecule has 1 aromatic rings. The zero-order valence-corrected chi connectivity index (χ0v) is 18.4. The molecule has 7 atom stereocenters. The van der Waals surface area contributed by atoms with E-state index in [2.05, 4.69) is 37.1 Å². The summed E-state index contributed by atoms with van der Waals surface area (Å²) < 4.78 is 13.1. The first-order valence-corrected chi connectivity index (χ1v) is 11.5. The van der Waals surface area contributed by atoms with Crippen molar-refractivity contribution >= 4 is 0 Å². The summed E-state index contributed by atoms with van der Waals surface area (Å²) in [5.74, 6) is 0.823. The highest BCUT2D eigenvalue weighted by Crippen LogP contribution is 2.75. The van der Waals surface area contributed by atoms with Crippen molar-refractivity contribution in [2.45, 2.75) is 74.7 Å². The minimum absolute atomic E-state index is 0.0647. The third-order valence-corrected chi connectivity index (χ3v) is 9.58. The number of piperidine rings is 1. The Morgan fingerprint density at radius 3 is 2.87 bits per heavy atom. The van der Waals surface area contributed by atoms with Crippen LogP contribution in [0.4, 0.5) is 0 Å². The molecule has 4 unspecified atom stereocenters. The van der Waals surface area contributed by atoms with Crippen molar-refractivity contribution in [3.8, 4) is 11.5 Å². The number of phenols is 1. The van der Waals surface area contributed by atoms with Crippen molar-refractivity contribution < 1.29 is 19.7 Å². The van der Waals surface area contributed by atoms with Gasteiger partial charge in [-0.3, -0.25) is 0 Å². The molecule has 7 rings (SSSR count). The number of hydrogen-bond donors (Lipinski definition) is 2. The number of likely N-dealkylation sites (tertiary alicyclic amines) is 1. The molecule has 2 heterocycles. The molecule has 5 heteroatoms. The van der Waals surface area contributed by atoms with Crippen molar-refractivity contribution in [1.82, 2.24) is 4.90 Å². The van der Waals surface area contributed by atoms with Gasteiger partial charge in [-0.15, -0.1) is 0 Å². The van der Waals surface area contributed by atoms with Gasteiger partial charge in [0.1, 0.15) is 11.7 Å². The summed E-state index contributed by atoms with van der Waals surface area (Å²) in [6, 6.07) is 4.23. The summed E-state index contributed by atoms with van der Waals surface area (Å²) in [6.07, 6.45) is 8.86. The monoisotopic (exact) mass is 411 g/mol. The Kier molecular flexibility index (Phi) is 3.59. The van der Waals surface area contributed by atoms with Crippen molar-refractivity contribution in [1.29, 1.82) is 0 Å². The topological polar surface area (TPSA) is 62.2 Å². The number of phenolic OH excluding ortho intramolecular Hbond substituents is 1. The Morgan fingerprint density at radius 2 is 2.13 bits per heavy atom. The molecule has 0 radical (unpaired) electrons. The lowest BCUT2D eigenvalue weighted by Gasteiger charge is -2.72. The normalized spacial score (nSPS) is 44.5. The van der Waals surface area contributed by atoms with Gasteiger partial charge in [0.2, 0.25) is 0 Å². The van der Waals surface area contributed by atoms with Gasteiger partial charge in [0.05, 0.1) is 11.0 Å². The fourth-order valence-corrected chi connectivity index (χ4v) is 8.44. The molecule has 162 valence electrons. The Bertz CT molecular complexity index is 957. The zero-order valence-electron chi connectivity index (χ0n) is 18.4. The quantitative estimate of drug-likeness (QED) is 0.746. The first-order valence-electron chi connectivity index (χ1n) is 11.5. The van der Waals surface area contributed by atoms with E-state index in [9.17, 15) is 10.2 Å². The van der Waals surface area contributed by atoms with Crippen LogP contribution in [0.2, 0.25) is 0 Å². The molecule has 5 nitrogen and oxygen atoms in total. The van der Waals surface area contributed by atoms with E-state index < -0.39 is 11.2 Å². The molecule has 4 aliphatic carbocycles. The van der Waals surface area contributed by atoms with E-state index in [-0.39, 0.29) is 28.6 Å². The van der Waals surface area contributed by atoms with Crippen molar-refractivity contribution in [3.05, 3.63) is 35.4 Å². The number of aromatic hydroxyl groups is 1. The highest BCUT2D eigenvalue weighted by molar-refractivity contribution is 5.65. The Balaban J connectivity index is 1.66. The molecular weight excluding hydrogens is 378 g/mol. The first-order chi connectivity index (χ1) is 14.3. The molecular formula is C25H33NO4. The molecule has 2 fully saturated rings. The number of fused-ring (bicyclic) bond motifs is 1. The van der Waals surface area contributed by atoms with E-state index in [1.165, 1.54) is 11.1 Å². The summed E-state index contributed by atoms with van der Waals surface area (Å²) in [5.41, 5.74) is 0.625. The molecule has 30 heavy (non-hydrogen) atoms. The summed E-state index contributed by atoms with van der Waals surface area (Å²) in [5, 5.41) is 22.4. The number of aliphatic hydroxyl groups is 1. The van der Waals surface area contributed by atoms with Crippen LogP contribution in [0.3, 0.4) is 0 Å². The molecule has 6 aliphatic rings. The summed E-state index contributed by atoms with van der Waals surface area (Å²) >= 11 is 0. The second-order valence-electron chi connectivity index (χ2n) is 10.7. The minimum Gasteiger partial charge on any atom is -0.504 e. The van der Waals surface area contributed by atoms with Gasteiger partial charge in [-0.05, 0) is 57.8 Å². The maximum Gasteiger partial charge on any atom is 0.165 e. The number of benzene rings is 1. The van der Waals surface area contributed by atoms with Gasteiger partial charge in [0.15, 0.2) is 11.5 Å². The lowest BCUT2D eigenvalue weighted by atomic mass is 9.36. The van der Waals surface area contributed by atoms with Crippen LogP contribution in [0.5, 0.6) is 11.5 Å². The van der Waals surface area contributed by atoms with Crippen LogP contribution in [0.25, 0.3) is 0 Å². The van der Waals surface area contributed by atoms with Crippen molar-refractivity contribution in [2.24, 2.45) is 11.3 Å². The summed E-state index contributed by atoms with van der Waals surface area (Å²) in [7, 11) is 4.00. The smallest absolute Gasteiger partial charge is 0.165 e. The van der Waals surface area contributed by atoms with Crippen LogP contribution in [0.15, 0.2) is 24.3 Å². The zero-order chi connectivity index (χ0) is 21.1. The van der Waals surface area contributed by atoms with Gasteiger partial charge < -0.3 is 24.6 Å². The van der Waals surface area contributed by atoms with Crippen LogP contribution in [-0.2, 0) is 16.6 Å². The number of likely N-dealkylation sites (N-methyl/N-ethyl adjacent to an activating group) is 1. The minimum atomic E-state index is -0.850. The van der Waals surface area contributed by atoms with Gasteiger partial charge in [-0.2, -0.15) is 0 Å². The second-order valence-corrected chi connectivity index (χ2v) is 10.7. The number of rotatable bonds is 4. The van der Waals surface area contributed by atoms with E-state index in [0.717, 1.165) is 38.6 Å². The van der Waals surface area contributed by atoms with Gasteiger partial charge in [-0.1, -0.05) is 31.6 Å². The van der Waals surface area contributed by atoms with Crippen molar-refractivity contribution in [3.63, 3.8) is 0 Å². The number of methoxy groups -OCH3 is 1. The van der Waals surface area contributed by atoms with Crippen LogP contribution >= 0.6 is 0 Å². The predicted molar refractivity (Wildman–Crippen MR) is 114 cm³/mol. The molecule has 1 aromatic carbocycles. The fourth-order valence-electron chi connectivity index (χ4n) is 8.44. The standard InChI is InChI=1S/C25H33NO4/c1-5-8-22(2,28)17-14-23-9-10-25(17,29-4)21-24(23)11-12-26(3)18(23)13-15-6-7-16(27)20(30-21)19(15)24/h6-7,9-10,17-18,21,27-28H,5,8,11-14H2,1-4H3/t17?,18-,21?,22?,23-,24+,25?/m1/s1. The highest BCUT2D eigenvalue weighted by Gasteiger charge is 2.80. The molecule has 2 aliphatic heterocycles. The molecule has 1 saturated heterocycles. The van der Waals surface area contributed by atoms with E-state index in [4.69, 9.17) is 9.47 Å². The highest BCUT2D eigenvalue weighted by atomic mass is 16.6. The third-order valence-electron chi connectivity index (χ3n) is 9.58. The van der Waals surface area contributed by atoms with Crippen LogP contribution in [0, 0.1) is 11.3 Å². The maximum absolute atomic E-state index is 11.7. The summed E-state index contributed by atoms with van der Waals surface area (Å²) in [4.78, 5) is 2.51. The van der Waals surface area contributed by atoms with Crippen molar-refractivity contribution in [2.75, 3.05) is 20.7 Å². The van der Waals surface area contributed by atoms with E-state index in [1.807, 2.05) is 6.92 Å². The van der Waals surface area contributed by atoms with E-state index >= 15 is 0 Å². The third kappa shape index (κ3) is 1.80. The molecule has 0 amide bonds. The van der Waals surface area contributed by atoms with Crippen LogP contribution in [-0.4, -0.2) is 59.2 Å². The van der Waals surface area contributed by atoms with Crippen LogP contribution < -0.4 is 4.74 Å². The van der Waals surface area contributed by atoms with Gasteiger partial charge in [-0.25, -0.2) is 0 Å². The molecule has 2 spiro atoms. The Morgan fingerprint density at radius 1 is 1.33 bits per heavy atom. The molecule has 4 bridgehead atoms. The molecule has 0 aromatic heterocycles. The maximum atomic E-state index is 11.7. The number of hydrogen-bond acceptors (Lipinski definition) is 5.